The summed E-state index contributed by atoms with van der Waals surface area (Å²) < 4.78 is 6.60. The molecule has 0 aliphatic rings. The van der Waals surface area contributed by atoms with E-state index >= 15 is 0 Å². The summed E-state index contributed by atoms with van der Waals surface area (Å²) in [6.07, 6.45) is -0.679. The minimum absolute atomic E-state index is 0.247. The fourth-order valence-corrected chi connectivity index (χ4v) is 2.62. The Morgan fingerprint density at radius 1 is 1.24 bits per heavy atom. The molecule has 0 aliphatic carbocycles. The van der Waals surface area contributed by atoms with E-state index in [0.717, 1.165) is 9.26 Å². The Kier molecular flexibility index (Phi) is 5.72. The minimum Gasteiger partial charge on any atom is -0.479 e. The molecule has 2 aromatic rings. The molecular formula is C15H12Cl2INO2. The summed E-state index contributed by atoms with van der Waals surface area (Å²) in [7, 11) is 0. The molecule has 1 atom stereocenters. The van der Waals surface area contributed by atoms with Crippen molar-refractivity contribution in [1.82, 2.24) is 0 Å². The second kappa shape index (κ2) is 7.33. The first-order chi connectivity index (χ1) is 9.95. The monoisotopic (exact) mass is 435 g/mol. The molecule has 0 saturated carbocycles. The smallest absolute Gasteiger partial charge is 0.265 e. The van der Waals surface area contributed by atoms with Gasteiger partial charge >= 0.3 is 0 Å². The maximum atomic E-state index is 12.1. The van der Waals surface area contributed by atoms with Gasteiger partial charge in [-0.05, 0) is 65.9 Å². The van der Waals surface area contributed by atoms with Crippen LogP contribution in [0.1, 0.15) is 6.92 Å². The Labute approximate surface area is 146 Å². The van der Waals surface area contributed by atoms with Gasteiger partial charge in [0.25, 0.3) is 5.91 Å². The van der Waals surface area contributed by atoms with E-state index in [9.17, 15) is 4.79 Å². The third kappa shape index (κ3) is 4.76. The summed E-state index contributed by atoms with van der Waals surface area (Å²) in [5, 5.41) is 3.68. The molecule has 0 heterocycles. The van der Waals surface area contributed by atoms with E-state index in [4.69, 9.17) is 27.9 Å². The number of nitrogens with one attached hydrogen (secondary N) is 1. The number of hydrogen-bond acceptors (Lipinski definition) is 2. The lowest BCUT2D eigenvalue weighted by atomic mass is 10.3. The normalized spacial score (nSPS) is 11.8. The van der Waals surface area contributed by atoms with E-state index in [0.29, 0.717) is 15.8 Å². The Bertz CT molecular complexity index is 664. The molecule has 1 amide bonds. The van der Waals surface area contributed by atoms with Gasteiger partial charge < -0.3 is 10.1 Å². The van der Waals surface area contributed by atoms with Crippen LogP contribution in [0.2, 0.25) is 10.0 Å². The molecular weight excluding hydrogens is 424 g/mol. The number of anilines is 1. The van der Waals surface area contributed by atoms with Crippen molar-refractivity contribution in [2.45, 2.75) is 13.0 Å². The topological polar surface area (TPSA) is 38.3 Å². The Balaban J connectivity index is 2.02. The van der Waals surface area contributed by atoms with Crippen LogP contribution in [0.25, 0.3) is 0 Å². The zero-order chi connectivity index (χ0) is 15.4. The summed E-state index contributed by atoms with van der Waals surface area (Å²) in [5.41, 5.74) is 0.726. The van der Waals surface area contributed by atoms with Gasteiger partial charge in [-0.3, -0.25) is 4.79 Å². The molecule has 0 fully saturated rings. The van der Waals surface area contributed by atoms with Gasteiger partial charge in [0.2, 0.25) is 0 Å². The highest BCUT2D eigenvalue weighted by molar-refractivity contribution is 14.1. The van der Waals surface area contributed by atoms with Crippen molar-refractivity contribution >= 4 is 57.4 Å². The zero-order valence-electron chi connectivity index (χ0n) is 11.1. The first-order valence-electron chi connectivity index (χ1n) is 6.14. The predicted molar refractivity (Wildman–Crippen MR) is 94.3 cm³/mol. The summed E-state index contributed by atoms with van der Waals surface area (Å²) in [6.45, 7) is 1.66. The van der Waals surface area contributed by atoms with Crippen LogP contribution < -0.4 is 10.1 Å². The highest BCUT2D eigenvalue weighted by Crippen LogP contribution is 2.28. The van der Waals surface area contributed by atoms with Crippen LogP contribution in [0.4, 0.5) is 5.69 Å². The second-order valence-corrected chi connectivity index (χ2v) is 6.42. The number of ether oxygens (including phenoxy) is 1. The number of amides is 1. The average molecular weight is 436 g/mol. The summed E-state index contributed by atoms with van der Waals surface area (Å²) in [4.78, 5) is 12.1. The van der Waals surface area contributed by atoms with Crippen molar-refractivity contribution in [2.75, 3.05) is 5.32 Å². The molecule has 2 aromatic carbocycles. The lowest BCUT2D eigenvalue weighted by molar-refractivity contribution is -0.122. The summed E-state index contributed by atoms with van der Waals surface area (Å²) >= 11 is 14.0. The molecule has 0 aliphatic heterocycles. The highest BCUT2D eigenvalue weighted by Gasteiger charge is 2.16. The number of rotatable bonds is 4. The van der Waals surface area contributed by atoms with E-state index in [1.165, 1.54) is 0 Å². The first kappa shape index (κ1) is 16.4. The van der Waals surface area contributed by atoms with Crippen molar-refractivity contribution in [1.29, 1.82) is 0 Å². The van der Waals surface area contributed by atoms with E-state index in [1.54, 1.807) is 25.1 Å². The standard InChI is InChI=1S/C15H12Cl2INO2/c1-9(21-14-6-5-10(16)7-13(14)17)15(20)19-12-4-2-3-11(18)8-12/h2-9H,1H3,(H,19,20)/t9-/m0/s1. The molecule has 21 heavy (non-hydrogen) atoms. The number of benzene rings is 2. The number of hydrogen-bond donors (Lipinski definition) is 1. The quantitative estimate of drug-likeness (QED) is 0.686. The molecule has 6 heteroatoms. The van der Waals surface area contributed by atoms with Gasteiger partial charge in [-0.15, -0.1) is 0 Å². The van der Waals surface area contributed by atoms with Crippen molar-refractivity contribution in [3.05, 3.63) is 56.1 Å². The lowest BCUT2D eigenvalue weighted by Gasteiger charge is -2.16. The molecule has 0 radical (unpaired) electrons. The largest absolute Gasteiger partial charge is 0.479 e. The zero-order valence-corrected chi connectivity index (χ0v) is 14.7. The molecule has 0 spiro atoms. The summed E-state index contributed by atoms with van der Waals surface area (Å²) in [5.74, 6) is 0.175. The number of carbonyl (C=O) groups excluding carboxylic acids is 1. The van der Waals surface area contributed by atoms with Gasteiger partial charge in [0.05, 0.1) is 5.02 Å². The SMILES string of the molecule is C[C@H](Oc1ccc(Cl)cc1Cl)C(=O)Nc1cccc(I)c1. The van der Waals surface area contributed by atoms with Crippen molar-refractivity contribution in [3.63, 3.8) is 0 Å². The minimum atomic E-state index is -0.679. The van der Waals surface area contributed by atoms with Gasteiger partial charge in [-0.2, -0.15) is 0 Å². The third-order valence-electron chi connectivity index (χ3n) is 2.66. The van der Waals surface area contributed by atoms with E-state index in [2.05, 4.69) is 27.9 Å². The van der Waals surface area contributed by atoms with Crippen LogP contribution in [0.15, 0.2) is 42.5 Å². The van der Waals surface area contributed by atoms with Crippen LogP contribution in [0, 0.1) is 3.57 Å². The van der Waals surface area contributed by atoms with Crippen LogP contribution in [-0.4, -0.2) is 12.0 Å². The summed E-state index contributed by atoms with van der Waals surface area (Å²) in [6, 6.07) is 12.4. The molecule has 0 aromatic heterocycles. The predicted octanol–water partition coefficient (Wildman–Crippen LogP) is 5.00. The maximum Gasteiger partial charge on any atom is 0.265 e. The van der Waals surface area contributed by atoms with E-state index in [1.807, 2.05) is 24.3 Å². The van der Waals surface area contributed by atoms with Gasteiger partial charge in [-0.1, -0.05) is 29.3 Å². The molecule has 3 nitrogen and oxygen atoms in total. The van der Waals surface area contributed by atoms with Crippen molar-refractivity contribution in [3.8, 4) is 5.75 Å². The van der Waals surface area contributed by atoms with Gasteiger partial charge in [-0.25, -0.2) is 0 Å². The second-order valence-electron chi connectivity index (χ2n) is 4.33. The fourth-order valence-electron chi connectivity index (χ4n) is 1.62. The molecule has 0 bridgehead atoms. The van der Waals surface area contributed by atoms with Crippen molar-refractivity contribution in [2.24, 2.45) is 0 Å². The Morgan fingerprint density at radius 3 is 2.67 bits per heavy atom. The van der Waals surface area contributed by atoms with Crippen LogP contribution in [0.3, 0.4) is 0 Å². The maximum absolute atomic E-state index is 12.1. The average Bonchev–Trinajstić information content (AvgIpc) is 2.41. The van der Waals surface area contributed by atoms with Crippen LogP contribution >= 0.6 is 45.8 Å². The number of halogens is 3. The lowest BCUT2D eigenvalue weighted by Crippen LogP contribution is -2.30. The molecule has 110 valence electrons. The third-order valence-corrected chi connectivity index (χ3v) is 3.86. The Morgan fingerprint density at radius 2 is 2.00 bits per heavy atom. The molecule has 0 unspecified atom stereocenters. The molecule has 2 rings (SSSR count). The van der Waals surface area contributed by atoms with Gasteiger partial charge in [0, 0.05) is 14.3 Å². The van der Waals surface area contributed by atoms with Gasteiger partial charge in [0.15, 0.2) is 6.10 Å². The highest BCUT2D eigenvalue weighted by atomic mass is 127. The Hall–Kier alpha value is -0.980. The first-order valence-corrected chi connectivity index (χ1v) is 7.97. The molecule has 1 N–H and O–H groups in total. The molecule has 0 saturated heterocycles. The fraction of sp³-hybridized carbons (Fsp3) is 0.133. The van der Waals surface area contributed by atoms with Crippen LogP contribution in [0.5, 0.6) is 5.75 Å². The van der Waals surface area contributed by atoms with Crippen molar-refractivity contribution < 1.29 is 9.53 Å². The van der Waals surface area contributed by atoms with E-state index in [-0.39, 0.29) is 5.91 Å². The van der Waals surface area contributed by atoms with Gasteiger partial charge in [0.1, 0.15) is 5.75 Å². The number of carbonyl (C=O) groups is 1. The van der Waals surface area contributed by atoms with Crippen LogP contribution in [-0.2, 0) is 4.79 Å². The van der Waals surface area contributed by atoms with E-state index < -0.39 is 6.10 Å².